The molecule has 0 aromatic heterocycles. The molecule has 0 heterocycles. The lowest BCUT2D eigenvalue weighted by atomic mass is 10.0. The minimum Gasteiger partial charge on any atom is -0.351 e. The summed E-state index contributed by atoms with van der Waals surface area (Å²) in [4.78, 5) is 21.7. The summed E-state index contributed by atoms with van der Waals surface area (Å²) in [5, 5.41) is 2.00. The molecule has 15 heavy (non-hydrogen) atoms. The van der Waals surface area contributed by atoms with Gasteiger partial charge in [-0.1, -0.05) is 24.3 Å². The summed E-state index contributed by atoms with van der Waals surface area (Å²) in [5.41, 5.74) is 12.0. The average molecular weight is 207 g/mol. The molecular formula is C10H13N3O2. The summed E-state index contributed by atoms with van der Waals surface area (Å²) in [7, 11) is 0. The lowest BCUT2D eigenvalue weighted by Gasteiger charge is -2.06. The van der Waals surface area contributed by atoms with Gasteiger partial charge in [0, 0.05) is 6.54 Å². The molecule has 1 aromatic carbocycles. The van der Waals surface area contributed by atoms with Crippen molar-refractivity contribution >= 4 is 11.9 Å². The maximum atomic E-state index is 11.2. The number of rotatable bonds is 3. The molecule has 0 saturated carbocycles. The summed E-state index contributed by atoms with van der Waals surface area (Å²) in [5.74, 6) is -0.427. The predicted molar refractivity (Wildman–Crippen MR) is 55.8 cm³/mol. The number of nitrogens with one attached hydrogen (secondary N) is 1. The molecule has 0 bridgehead atoms. The standard InChI is InChI=1S/C10H13N3O2/c11-6-8-4-2-1-3-7(8)5-9(14)13-10(12)15/h1-4H,5-6,11H2,(H3,12,13,14,15). The minimum absolute atomic E-state index is 0.107. The van der Waals surface area contributed by atoms with Gasteiger partial charge in [0.2, 0.25) is 5.91 Å². The van der Waals surface area contributed by atoms with Crippen molar-refractivity contribution in [3.8, 4) is 0 Å². The third-order valence-corrected chi connectivity index (χ3v) is 1.95. The Hall–Kier alpha value is -1.88. The zero-order chi connectivity index (χ0) is 11.3. The summed E-state index contributed by atoms with van der Waals surface area (Å²) in [6.45, 7) is 0.361. The number of carbonyl (C=O) groups excluding carboxylic acids is 2. The van der Waals surface area contributed by atoms with Crippen molar-refractivity contribution in [1.82, 2.24) is 5.32 Å². The van der Waals surface area contributed by atoms with Crippen LogP contribution in [0.15, 0.2) is 24.3 Å². The van der Waals surface area contributed by atoms with Crippen molar-refractivity contribution in [2.24, 2.45) is 11.5 Å². The van der Waals surface area contributed by atoms with Crippen LogP contribution < -0.4 is 16.8 Å². The Balaban J connectivity index is 2.71. The molecule has 5 N–H and O–H groups in total. The van der Waals surface area contributed by atoms with E-state index in [1.807, 2.05) is 23.5 Å². The highest BCUT2D eigenvalue weighted by atomic mass is 16.2. The van der Waals surface area contributed by atoms with E-state index in [-0.39, 0.29) is 6.42 Å². The highest BCUT2D eigenvalue weighted by Gasteiger charge is 2.07. The first-order valence-electron chi connectivity index (χ1n) is 4.49. The number of benzene rings is 1. The summed E-state index contributed by atoms with van der Waals surface area (Å²) < 4.78 is 0. The van der Waals surface area contributed by atoms with Crippen LogP contribution in [-0.4, -0.2) is 11.9 Å². The van der Waals surface area contributed by atoms with Gasteiger partial charge in [-0.15, -0.1) is 0 Å². The Labute approximate surface area is 87.4 Å². The zero-order valence-corrected chi connectivity index (χ0v) is 8.19. The van der Waals surface area contributed by atoms with Gasteiger partial charge in [-0.25, -0.2) is 4.79 Å². The van der Waals surface area contributed by atoms with E-state index in [9.17, 15) is 9.59 Å². The topological polar surface area (TPSA) is 98.2 Å². The number of primary amides is 1. The first-order valence-corrected chi connectivity index (χ1v) is 4.49. The third-order valence-electron chi connectivity index (χ3n) is 1.95. The monoisotopic (exact) mass is 207 g/mol. The van der Waals surface area contributed by atoms with Crippen molar-refractivity contribution in [2.75, 3.05) is 0 Å². The normalized spacial score (nSPS) is 9.67. The van der Waals surface area contributed by atoms with Crippen LogP contribution in [0.1, 0.15) is 11.1 Å². The highest BCUT2D eigenvalue weighted by molar-refractivity contribution is 5.94. The quantitative estimate of drug-likeness (QED) is 0.644. The Morgan fingerprint density at radius 2 is 1.80 bits per heavy atom. The van der Waals surface area contributed by atoms with E-state index >= 15 is 0 Å². The zero-order valence-electron chi connectivity index (χ0n) is 8.19. The van der Waals surface area contributed by atoms with Gasteiger partial charge in [0.15, 0.2) is 0 Å². The van der Waals surface area contributed by atoms with E-state index in [1.54, 1.807) is 6.07 Å². The lowest BCUT2D eigenvalue weighted by molar-refractivity contribution is -0.119. The molecule has 0 saturated heterocycles. The maximum Gasteiger partial charge on any atom is 0.318 e. The van der Waals surface area contributed by atoms with E-state index in [4.69, 9.17) is 11.5 Å². The first-order chi connectivity index (χ1) is 7.13. The molecule has 0 spiro atoms. The van der Waals surface area contributed by atoms with Gasteiger partial charge in [0.1, 0.15) is 0 Å². The number of hydrogen-bond donors (Lipinski definition) is 3. The van der Waals surface area contributed by atoms with Crippen molar-refractivity contribution in [3.63, 3.8) is 0 Å². The van der Waals surface area contributed by atoms with Crippen LogP contribution in [0.3, 0.4) is 0 Å². The van der Waals surface area contributed by atoms with Crippen LogP contribution in [0.25, 0.3) is 0 Å². The Morgan fingerprint density at radius 1 is 1.20 bits per heavy atom. The van der Waals surface area contributed by atoms with Gasteiger partial charge in [0.05, 0.1) is 6.42 Å². The lowest BCUT2D eigenvalue weighted by Crippen LogP contribution is -2.36. The third kappa shape index (κ3) is 3.40. The van der Waals surface area contributed by atoms with Gasteiger partial charge < -0.3 is 11.5 Å². The van der Waals surface area contributed by atoms with Crippen LogP contribution in [0.4, 0.5) is 4.79 Å². The molecule has 0 aliphatic heterocycles. The molecule has 5 heteroatoms. The summed E-state index contributed by atoms with van der Waals surface area (Å²) in [6, 6.07) is 6.45. The van der Waals surface area contributed by atoms with Gasteiger partial charge in [-0.3, -0.25) is 10.1 Å². The van der Waals surface area contributed by atoms with E-state index in [0.717, 1.165) is 11.1 Å². The number of urea groups is 1. The molecule has 0 radical (unpaired) electrons. The maximum absolute atomic E-state index is 11.2. The number of hydrogen-bond acceptors (Lipinski definition) is 3. The Kier molecular flexibility index (Phi) is 3.82. The smallest absolute Gasteiger partial charge is 0.318 e. The minimum atomic E-state index is -0.842. The molecule has 5 nitrogen and oxygen atoms in total. The second kappa shape index (κ2) is 5.11. The van der Waals surface area contributed by atoms with Crippen LogP contribution in [0, 0.1) is 0 Å². The van der Waals surface area contributed by atoms with Crippen molar-refractivity contribution in [2.45, 2.75) is 13.0 Å². The van der Waals surface area contributed by atoms with Crippen LogP contribution in [0.2, 0.25) is 0 Å². The number of nitrogens with two attached hydrogens (primary N) is 2. The molecule has 1 rings (SSSR count). The van der Waals surface area contributed by atoms with Gasteiger partial charge in [-0.2, -0.15) is 0 Å². The second-order valence-corrected chi connectivity index (χ2v) is 3.06. The number of amides is 3. The SMILES string of the molecule is NCc1ccccc1CC(=O)NC(N)=O. The highest BCUT2D eigenvalue weighted by Crippen LogP contribution is 2.08. The fourth-order valence-corrected chi connectivity index (χ4v) is 1.28. The van der Waals surface area contributed by atoms with E-state index in [2.05, 4.69) is 0 Å². The number of carbonyl (C=O) groups is 2. The van der Waals surface area contributed by atoms with E-state index in [0.29, 0.717) is 6.54 Å². The Bertz CT molecular complexity index is 377. The number of imide groups is 1. The van der Waals surface area contributed by atoms with Crippen molar-refractivity contribution in [3.05, 3.63) is 35.4 Å². The van der Waals surface area contributed by atoms with Crippen LogP contribution >= 0.6 is 0 Å². The molecule has 0 unspecified atom stereocenters. The molecule has 0 atom stereocenters. The summed E-state index contributed by atoms with van der Waals surface area (Å²) >= 11 is 0. The van der Waals surface area contributed by atoms with E-state index in [1.165, 1.54) is 0 Å². The average Bonchev–Trinajstić information content (AvgIpc) is 2.17. The van der Waals surface area contributed by atoms with Crippen molar-refractivity contribution < 1.29 is 9.59 Å². The predicted octanol–water partition coefficient (Wildman–Crippen LogP) is -0.117. The second-order valence-electron chi connectivity index (χ2n) is 3.06. The Morgan fingerprint density at radius 3 is 2.33 bits per heavy atom. The van der Waals surface area contributed by atoms with Gasteiger partial charge >= 0.3 is 6.03 Å². The van der Waals surface area contributed by atoms with Crippen LogP contribution in [-0.2, 0) is 17.8 Å². The largest absolute Gasteiger partial charge is 0.351 e. The molecule has 0 aliphatic carbocycles. The molecule has 80 valence electrons. The molecular weight excluding hydrogens is 194 g/mol. The fraction of sp³-hybridized carbons (Fsp3) is 0.200. The molecule has 0 fully saturated rings. The first kappa shape index (κ1) is 11.2. The molecule has 3 amide bonds. The fourth-order valence-electron chi connectivity index (χ4n) is 1.28. The molecule has 0 aliphatic rings. The van der Waals surface area contributed by atoms with Gasteiger partial charge in [-0.05, 0) is 11.1 Å². The van der Waals surface area contributed by atoms with Crippen LogP contribution in [0.5, 0.6) is 0 Å². The van der Waals surface area contributed by atoms with Gasteiger partial charge in [0.25, 0.3) is 0 Å². The molecule has 1 aromatic rings. The van der Waals surface area contributed by atoms with Crippen molar-refractivity contribution in [1.29, 1.82) is 0 Å². The van der Waals surface area contributed by atoms with E-state index < -0.39 is 11.9 Å². The summed E-state index contributed by atoms with van der Waals surface area (Å²) in [6.07, 6.45) is 0.107.